The van der Waals surface area contributed by atoms with E-state index in [1.54, 1.807) is 18.2 Å². The van der Waals surface area contributed by atoms with Gasteiger partial charge in [-0.1, -0.05) is 15.9 Å². The molecule has 7 heteroatoms. The van der Waals surface area contributed by atoms with Crippen molar-refractivity contribution in [1.29, 1.82) is 0 Å². The van der Waals surface area contributed by atoms with Crippen LogP contribution < -0.4 is 5.56 Å². The first-order valence-corrected chi connectivity index (χ1v) is 6.81. The minimum Gasteiger partial charge on any atom is -0.480 e. The zero-order valence-corrected chi connectivity index (χ0v) is 12.4. The molecule has 0 atom stereocenters. The fourth-order valence-electron chi connectivity index (χ4n) is 1.87. The van der Waals surface area contributed by atoms with E-state index in [9.17, 15) is 9.59 Å². The summed E-state index contributed by atoms with van der Waals surface area (Å²) in [6.07, 6.45) is 0. The highest BCUT2D eigenvalue weighted by atomic mass is 79.9. The molecule has 0 amide bonds. The van der Waals surface area contributed by atoms with E-state index < -0.39 is 18.1 Å². The van der Waals surface area contributed by atoms with E-state index in [2.05, 4.69) is 21.0 Å². The third kappa shape index (κ3) is 3.05. The molecule has 106 valence electrons. The Hall–Kier alpha value is -1.73. The molecule has 0 fully saturated rings. The summed E-state index contributed by atoms with van der Waals surface area (Å²) in [5.41, 5.74) is 0.124. The molecule has 0 aliphatic rings. The van der Waals surface area contributed by atoms with Crippen LogP contribution >= 0.6 is 15.9 Å². The quantitative estimate of drug-likeness (QED) is 0.897. The van der Waals surface area contributed by atoms with E-state index in [1.807, 2.05) is 6.92 Å². The third-order valence-corrected chi connectivity index (χ3v) is 3.22. The van der Waals surface area contributed by atoms with Gasteiger partial charge in [-0.05, 0) is 25.1 Å². The number of benzene rings is 1. The van der Waals surface area contributed by atoms with Crippen LogP contribution in [0.25, 0.3) is 10.8 Å². The van der Waals surface area contributed by atoms with E-state index in [0.29, 0.717) is 23.1 Å². The number of carboxylic acids is 1. The average Bonchev–Trinajstić information content (AvgIpc) is 2.40. The van der Waals surface area contributed by atoms with Gasteiger partial charge < -0.3 is 9.84 Å². The molecule has 0 bridgehead atoms. The van der Waals surface area contributed by atoms with Gasteiger partial charge in [0.15, 0.2) is 0 Å². The number of hydrogen-bond acceptors (Lipinski definition) is 4. The van der Waals surface area contributed by atoms with E-state index in [0.717, 1.165) is 9.15 Å². The number of fused-ring (bicyclic) bond motifs is 1. The molecule has 0 aliphatic carbocycles. The first-order valence-electron chi connectivity index (χ1n) is 6.01. The van der Waals surface area contributed by atoms with Crippen LogP contribution in [0.2, 0.25) is 0 Å². The minimum absolute atomic E-state index is 0.226. The second-order valence-electron chi connectivity index (χ2n) is 4.13. The summed E-state index contributed by atoms with van der Waals surface area (Å²) >= 11 is 3.35. The van der Waals surface area contributed by atoms with E-state index in [4.69, 9.17) is 9.84 Å². The van der Waals surface area contributed by atoms with E-state index in [-0.39, 0.29) is 6.61 Å². The van der Waals surface area contributed by atoms with Crippen molar-refractivity contribution >= 4 is 32.7 Å². The predicted molar refractivity (Wildman–Crippen MR) is 76.7 cm³/mol. The second kappa shape index (κ2) is 6.15. The maximum absolute atomic E-state index is 12.2. The highest BCUT2D eigenvalue weighted by molar-refractivity contribution is 9.10. The lowest BCUT2D eigenvalue weighted by molar-refractivity contribution is -0.138. The molecule has 1 heterocycles. The van der Waals surface area contributed by atoms with Crippen molar-refractivity contribution in [2.75, 3.05) is 6.61 Å². The normalized spacial score (nSPS) is 10.9. The van der Waals surface area contributed by atoms with Crippen LogP contribution in [0.3, 0.4) is 0 Å². The van der Waals surface area contributed by atoms with Gasteiger partial charge in [0.1, 0.15) is 6.54 Å². The lowest BCUT2D eigenvalue weighted by Crippen LogP contribution is -2.28. The molecule has 2 rings (SSSR count). The van der Waals surface area contributed by atoms with Crippen molar-refractivity contribution < 1.29 is 14.6 Å². The molecule has 1 N–H and O–H groups in total. The Labute approximate surface area is 123 Å². The summed E-state index contributed by atoms with van der Waals surface area (Å²) in [6, 6.07) is 5.17. The summed E-state index contributed by atoms with van der Waals surface area (Å²) in [6.45, 7) is 2.12. The number of halogens is 1. The number of rotatable bonds is 5. The van der Waals surface area contributed by atoms with Crippen LogP contribution in [0.15, 0.2) is 27.5 Å². The lowest BCUT2D eigenvalue weighted by Gasteiger charge is -2.10. The van der Waals surface area contributed by atoms with Gasteiger partial charge in [-0.3, -0.25) is 9.59 Å². The van der Waals surface area contributed by atoms with Crippen molar-refractivity contribution in [2.45, 2.75) is 20.1 Å². The summed E-state index contributed by atoms with van der Waals surface area (Å²) in [5, 5.41) is 14.0. The van der Waals surface area contributed by atoms with Crippen LogP contribution in [0.1, 0.15) is 12.6 Å². The number of hydrogen-bond donors (Lipinski definition) is 1. The summed E-state index contributed by atoms with van der Waals surface area (Å²) in [7, 11) is 0. The van der Waals surface area contributed by atoms with Crippen LogP contribution in [0.4, 0.5) is 0 Å². The smallest absolute Gasteiger partial charge is 0.325 e. The summed E-state index contributed by atoms with van der Waals surface area (Å²) < 4.78 is 7.10. The average molecular weight is 341 g/mol. The second-order valence-corrected chi connectivity index (χ2v) is 5.05. The Bertz CT molecular complexity index is 711. The Balaban J connectivity index is 2.66. The van der Waals surface area contributed by atoms with Gasteiger partial charge in [0.2, 0.25) is 0 Å². The Kier molecular flexibility index (Phi) is 4.51. The summed E-state index contributed by atoms with van der Waals surface area (Å²) in [5.74, 6) is -1.11. The first kappa shape index (κ1) is 14.7. The van der Waals surface area contributed by atoms with Crippen LogP contribution in [0.5, 0.6) is 0 Å². The zero-order chi connectivity index (χ0) is 14.7. The zero-order valence-electron chi connectivity index (χ0n) is 10.8. The number of ether oxygens (including phenoxy) is 1. The molecule has 0 aliphatic heterocycles. The first-order chi connectivity index (χ1) is 9.52. The molecular formula is C13H13BrN2O4. The van der Waals surface area contributed by atoms with Gasteiger partial charge >= 0.3 is 5.97 Å². The molecule has 0 radical (unpaired) electrons. The molecule has 0 saturated carbocycles. The standard InChI is InChI=1S/C13H13BrN2O4/c1-2-20-7-11-10-5-8(14)3-4-9(10)13(19)16(15-11)6-12(17)18/h3-5H,2,6-7H2,1H3,(H,17,18). The predicted octanol–water partition coefficient (Wildman–Crippen LogP) is 1.78. The molecule has 6 nitrogen and oxygen atoms in total. The fourth-order valence-corrected chi connectivity index (χ4v) is 2.23. The third-order valence-electron chi connectivity index (χ3n) is 2.73. The van der Waals surface area contributed by atoms with Crippen molar-refractivity contribution in [1.82, 2.24) is 9.78 Å². The topological polar surface area (TPSA) is 81.4 Å². The molecule has 20 heavy (non-hydrogen) atoms. The van der Waals surface area contributed by atoms with Gasteiger partial charge in [0, 0.05) is 16.5 Å². The largest absolute Gasteiger partial charge is 0.480 e. The molecule has 2 aromatic rings. The molecule has 0 spiro atoms. The SMILES string of the molecule is CCOCc1nn(CC(=O)O)c(=O)c2ccc(Br)cc12. The Morgan fingerprint density at radius 1 is 1.45 bits per heavy atom. The molecule has 1 aromatic heterocycles. The highest BCUT2D eigenvalue weighted by Gasteiger charge is 2.13. The molecular weight excluding hydrogens is 328 g/mol. The van der Waals surface area contributed by atoms with Gasteiger partial charge in [-0.2, -0.15) is 5.10 Å². The molecule has 0 unspecified atom stereocenters. The highest BCUT2D eigenvalue weighted by Crippen LogP contribution is 2.20. The van der Waals surface area contributed by atoms with E-state index in [1.165, 1.54) is 0 Å². The van der Waals surface area contributed by atoms with Crippen molar-refractivity contribution in [2.24, 2.45) is 0 Å². The van der Waals surface area contributed by atoms with Gasteiger partial charge in [0.25, 0.3) is 5.56 Å². The number of carboxylic acid groups (broad SMARTS) is 1. The van der Waals surface area contributed by atoms with Gasteiger partial charge in [0.05, 0.1) is 17.7 Å². The molecule has 0 saturated heterocycles. The van der Waals surface area contributed by atoms with Gasteiger partial charge in [-0.15, -0.1) is 0 Å². The number of aliphatic carboxylic acids is 1. The van der Waals surface area contributed by atoms with Crippen molar-refractivity contribution in [3.8, 4) is 0 Å². The lowest BCUT2D eigenvalue weighted by atomic mass is 10.1. The number of nitrogens with zero attached hydrogens (tertiary/aromatic N) is 2. The monoisotopic (exact) mass is 340 g/mol. The molecule has 1 aromatic carbocycles. The number of carbonyl (C=O) groups is 1. The van der Waals surface area contributed by atoms with E-state index >= 15 is 0 Å². The Morgan fingerprint density at radius 3 is 2.85 bits per heavy atom. The Morgan fingerprint density at radius 2 is 2.20 bits per heavy atom. The van der Waals surface area contributed by atoms with Gasteiger partial charge in [-0.25, -0.2) is 4.68 Å². The maximum atomic E-state index is 12.2. The fraction of sp³-hybridized carbons (Fsp3) is 0.308. The minimum atomic E-state index is -1.11. The van der Waals surface area contributed by atoms with Crippen LogP contribution in [-0.2, 0) is 22.7 Å². The maximum Gasteiger partial charge on any atom is 0.325 e. The summed E-state index contributed by atoms with van der Waals surface area (Å²) in [4.78, 5) is 23.0. The van der Waals surface area contributed by atoms with Crippen LogP contribution in [0, 0.1) is 0 Å². The van der Waals surface area contributed by atoms with Crippen molar-refractivity contribution in [3.63, 3.8) is 0 Å². The van der Waals surface area contributed by atoms with Crippen molar-refractivity contribution in [3.05, 3.63) is 38.7 Å². The number of aromatic nitrogens is 2. The van der Waals surface area contributed by atoms with Crippen LogP contribution in [-0.4, -0.2) is 27.5 Å².